The first kappa shape index (κ1) is 11.8. The predicted molar refractivity (Wildman–Crippen MR) is 61.4 cm³/mol. The number of hydrogen-bond donors (Lipinski definition) is 2. The lowest BCUT2D eigenvalue weighted by Crippen LogP contribution is -2.45. The highest BCUT2D eigenvalue weighted by molar-refractivity contribution is 6.03. The fraction of sp³-hybridized carbons (Fsp3) is 0.545. The summed E-state index contributed by atoms with van der Waals surface area (Å²) in [5.41, 5.74) is 0.567. The molecule has 0 bridgehead atoms. The van der Waals surface area contributed by atoms with E-state index in [4.69, 9.17) is 0 Å². The van der Waals surface area contributed by atoms with Gasteiger partial charge in [-0.25, -0.2) is 0 Å². The molecule has 0 spiro atoms. The van der Waals surface area contributed by atoms with E-state index in [1.165, 1.54) is 0 Å². The first-order valence-electron chi connectivity index (χ1n) is 5.20. The minimum Gasteiger partial charge on any atom is -0.375 e. The molecule has 0 aromatic rings. The van der Waals surface area contributed by atoms with E-state index in [1.807, 2.05) is 7.05 Å². The van der Waals surface area contributed by atoms with E-state index in [0.29, 0.717) is 5.57 Å². The van der Waals surface area contributed by atoms with Crippen molar-refractivity contribution in [3.8, 4) is 0 Å². The van der Waals surface area contributed by atoms with Crippen molar-refractivity contribution in [1.82, 2.24) is 15.5 Å². The van der Waals surface area contributed by atoms with Crippen LogP contribution in [0, 0.1) is 0 Å². The monoisotopic (exact) mass is 209 g/mol. The summed E-state index contributed by atoms with van der Waals surface area (Å²) >= 11 is 0. The van der Waals surface area contributed by atoms with Crippen LogP contribution in [0.3, 0.4) is 0 Å². The summed E-state index contributed by atoms with van der Waals surface area (Å²) in [6, 6.07) is 0. The molecule has 1 fully saturated rings. The third-order valence-electron chi connectivity index (χ3n) is 2.40. The van der Waals surface area contributed by atoms with Crippen LogP contribution in [0.1, 0.15) is 6.92 Å². The van der Waals surface area contributed by atoms with Gasteiger partial charge in [-0.1, -0.05) is 6.58 Å². The van der Waals surface area contributed by atoms with Crippen LogP contribution in [0.4, 0.5) is 0 Å². The van der Waals surface area contributed by atoms with Crippen LogP contribution < -0.4 is 10.6 Å². The largest absolute Gasteiger partial charge is 0.375 e. The molecule has 0 amide bonds. The van der Waals surface area contributed by atoms with Gasteiger partial charge in [0, 0.05) is 39.3 Å². The lowest BCUT2D eigenvalue weighted by molar-refractivity contribution is -0.111. The summed E-state index contributed by atoms with van der Waals surface area (Å²) < 4.78 is 0. The smallest absolute Gasteiger partial charge is 0.184 e. The highest BCUT2D eigenvalue weighted by atomic mass is 16.1. The maximum Gasteiger partial charge on any atom is 0.184 e. The first-order valence-corrected chi connectivity index (χ1v) is 5.20. The van der Waals surface area contributed by atoms with Gasteiger partial charge >= 0.3 is 0 Å². The summed E-state index contributed by atoms with van der Waals surface area (Å²) in [4.78, 5) is 13.7. The van der Waals surface area contributed by atoms with E-state index in [-0.39, 0.29) is 5.78 Å². The molecule has 1 aliphatic rings. The molecular formula is C11H19N3O. The number of carbonyl (C=O) groups excluding carboxylic acids is 1. The van der Waals surface area contributed by atoms with Gasteiger partial charge in [0.2, 0.25) is 0 Å². The van der Waals surface area contributed by atoms with E-state index < -0.39 is 0 Å². The average Bonchev–Trinajstić information content (AvgIpc) is 2.26. The standard InChI is InChI=1S/C11H19N3O/c1-9(2)10(15)8-11(12-3)14-6-4-13-5-7-14/h8,12-13H,1,4-7H2,2-3H3/b11-8+. The molecule has 84 valence electrons. The van der Waals surface area contributed by atoms with E-state index in [0.717, 1.165) is 32.0 Å². The second kappa shape index (κ2) is 5.56. The second-order valence-electron chi connectivity index (χ2n) is 3.66. The maximum absolute atomic E-state index is 11.5. The van der Waals surface area contributed by atoms with Crippen LogP contribution >= 0.6 is 0 Å². The van der Waals surface area contributed by atoms with Crippen LogP contribution in [0.2, 0.25) is 0 Å². The zero-order chi connectivity index (χ0) is 11.3. The van der Waals surface area contributed by atoms with E-state index >= 15 is 0 Å². The van der Waals surface area contributed by atoms with Gasteiger partial charge in [0.05, 0.1) is 0 Å². The van der Waals surface area contributed by atoms with Gasteiger partial charge in [0.25, 0.3) is 0 Å². The minimum absolute atomic E-state index is 0.0158. The number of hydrogen-bond acceptors (Lipinski definition) is 4. The van der Waals surface area contributed by atoms with Gasteiger partial charge in [0.1, 0.15) is 5.82 Å². The Balaban J connectivity index is 2.68. The Morgan fingerprint density at radius 1 is 1.47 bits per heavy atom. The van der Waals surface area contributed by atoms with Crippen molar-refractivity contribution in [2.45, 2.75) is 6.92 Å². The van der Waals surface area contributed by atoms with Crippen molar-refractivity contribution in [1.29, 1.82) is 0 Å². The Labute approximate surface area is 91.0 Å². The number of allylic oxidation sites excluding steroid dienone is 2. The molecule has 1 heterocycles. The van der Waals surface area contributed by atoms with Crippen molar-refractivity contribution in [2.75, 3.05) is 33.2 Å². The van der Waals surface area contributed by atoms with E-state index in [1.54, 1.807) is 13.0 Å². The zero-order valence-corrected chi connectivity index (χ0v) is 9.47. The predicted octanol–water partition coefficient (Wildman–Crippen LogP) is 0.0976. The van der Waals surface area contributed by atoms with Crippen molar-refractivity contribution in [2.24, 2.45) is 0 Å². The SMILES string of the molecule is C=C(C)C(=O)/C=C(\NC)N1CCNCC1. The normalized spacial score (nSPS) is 17.5. The van der Waals surface area contributed by atoms with Crippen molar-refractivity contribution in [3.63, 3.8) is 0 Å². The minimum atomic E-state index is -0.0158. The molecule has 1 saturated heterocycles. The van der Waals surface area contributed by atoms with Crippen LogP contribution in [-0.4, -0.2) is 43.9 Å². The Hall–Kier alpha value is -1.29. The zero-order valence-electron chi connectivity index (χ0n) is 9.47. The molecule has 0 unspecified atom stereocenters. The summed E-state index contributed by atoms with van der Waals surface area (Å²) in [5.74, 6) is 0.863. The maximum atomic E-state index is 11.5. The molecule has 2 N–H and O–H groups in total. The number of ketones is 1. The van der Waals surface area contributed by atoms with Gasteiger partial charge in [-0.3, -0.25) is 4.79 Å². The van der Waals surface area contributed by atoms with Gasteiger partial charge in [-0.2, -0.15) is 0 Å². The topological polar surface area (TPSA) is 44.4 Å². The number of piperazine rings is 1. The number of carbonyl (C=O) groups is 1. The fourth-order valence-electron chi connectivity index (χ4n) is 1.47. The molecule has 1 aliphatic heterocycles. The quantitative estimate of drug-likeness (QED) is 0.644. The van der Waals surface area contributed by atoms with E-state index in [9.17, 15) is 4.79 Å². The highest BCUT2D eigenvalue weighted by Gasteiger charge is 2.12. The summed E-state index contributed by atoms with van der Waals surface area (Å²) in [6.07, 6.45) is 1.62. The molecule has 0 aromatic heterocycles. The number of nitrogens with zero attached hydrogens (tertiary/aromatic N) is 1. The molecule has 0 saturated carbocycles. The van der Waals surface area contributed by atoms with Crippen molar-refractivity contribution < 1.29 is 4.79 Å². The molecule has 0 radical (unpaired) electrons. The fourth-order valence-corrected chi connectivity index (χ4v) is 1.47. The van der Waals surface area contributed by atoms with Gasteiger partial charge in [0.15, 0.2) is 5.78 Å². The Bertz CT molecular complexity index is 278. The van der Waals surface area contributed by atoms with Gasteiger partial charge in [-0.15, -0.1) is 0 Å². The van der Waals surface area contributed by atoms with Crippen molar-refractivity contribution in [3.05, 3.63) is 24.0 Å². The Kier molecular flexibility index (Phi) is 4.37. The van der Waals surface area contributed by atoms with Crippen LogP contribution in [-0.2, 0) is 4.79 Å². The molecule has 1 rings (SSSR count). The Morgan fingerprint density at radius 2 is 2.07 bits per heavy atom. The van der Waals surface area contributed by atoms with E-state index in [2.05, 4.69) is 22.1 Å². The molecule has 4 heteroatoms. The summed E-state index contributed by atoms with van der Waals surface area (Å²) in [6.45, 7) is 9.13. The van der Waals surface area contributed by atoms with Gasteiger partial charge in [-0.05, 0) is 12.5 Å². The number of nitrogens with one attached hydrogen (secondary N) is 2. The molecule has 0 aliphatic carbocycles. The lowest BCUT2D eigenvalue weighted by Gasteiger charge is -2.31. The highest BCUT2D eigenvalue weighted by Crippen LogP contribution is 2.04. The molecule has 4 nitrogen and oxygen atoms in total. The first-order chi connectivity index (χ1) is 7.15. The third-order valence-corrected chi connectivity index (χ3v) is 2.40. The Morgan fingerprint density at radius 3 is 2.53 bits per heavy atom. The third kappa shape index (κ3) is 3.40. The number of rotatable bonds is 4. The summed E-state index contributed by atoms with van der Waals surface area (Å²) in [5, 5.41) is 6.33. The van der Waals surface area contributed by atoms with Crippen LogP contribution in [0.15, 0.2) is 24.0 Å². The van der Waals surface area contributed by atoms with Gasteiger partial charge < -0.3 is 15.5 Å². The summed E-state index contributed by atoms with van der Waals surface area (Å²) in [7, 11) is 1.83. The van der Waals surface area contributed by atoms with Crippen LogP contribution in [0.5, 0.6) is 0 Å². The molecule has 0 aromatic carbocycles. The second-order valence-corrected chi connectivity index (χ2v) is 3.66. The van der Waals surface area contributed by atoms with Crippen LogP contribution in [0.25, 0.3) is 0 Å². The molecular weight excluding hydrogens is 190 g/mol. The molecule has 0 atom stereocenters. The lowest BCUT2D eigenvalue weighted by atomic mass is 10.2. The molecule has 15 heavy (non-hydrogen) atoms. The average molecular weight is 209 g/mol. The van der Waals surface area contributed by atoms with Crippen molar-refractivity contribution >= 4 is 5.78 Å².